The number of amides is 2. The first-order valence-electron chi connectivity index (χ1n) is 7.32. The van der Waals surface area contributed by atoms with Crippen molar-refractivity contribution in [3.63, 3.8) is 0 Å². The number of rotatable bonds is 10. The van der Waals surface area contributed by atoms with E-state index in [0.29, 0.717) is 25.8 Å². The molecular formula is C14H30ClN3O2. The van der Waals surface area contributed by atoms with Crippen molar-refractivity contribution in [2.75, 3.05) is 19.6 Å². The summed E-state index contributed by atoms with van der Waals surface area (Å²) < 4.78 is 0. The highest BCUT2D eigenvalue weighted by Gasteiger charge is 2.12. The molecule has 0 fully saturated rings. The topological polar surface area (TPSA) is 75.4 Å². The molecule has 2 amide bonds. The van der Waals surface area contributed by atoms with Crippen LogP contribution in [-0.2, 0) is 9.59 Å². The smallest absolute Gasteiger partial charge is 0.222 e. The summed E-state index contributed by atoms with van der Waals surface area (Å²) in [6.45, 7) is 8.06. The fourth-order valence-corrected chi connectivity index (χ4v) is 1.87. The minimum atomic E-state index is -0.0247. The van der Waals surface area contributed by atoms with E-state index in [1.807, 2.05) is 11.8 Å². The maximum absolute atomic E-state index is 12.0. The Morgan fingerprint density at radius 3 is 2.15 bits per heavy atom. The van der Waals surface area contributed by atoms with Gasteiger partial charge in [0.25, 0.3) is 0 Å². The second kappa shape index (κ2) is 13.2. The van der Waals surface area contributed by atoms with Crippen molar-refractivity contribution in [1.82, 2.24) is 10.2 Å². The predicted octanol–water partition coefficient (Wildman–Crippen LogP) is 1.69. The Hall–Kier alpha value is -0.810. The van der Waals surface area contributed by atoms with Crippen molar-refractivity contribution in [1.29, 1.82) is 0 Å². The summed E-state index contributed by atoms with van der Waals surface area (Å²) in [4.78, 5) is 25.4. The lowest BCUT2D eigenvalue weighted by molar-refractivity contribution is -0.131. The van der Waals surface area contributed by atoms with Crippen LogP contribution in [0.4, 0.5) is 0 Å². The fraction of sp³-hybridized carbons (Fsp3) is 0.857. The third kappa shape index (κ3) is 10.0. The molecule has 0 aromatic carbocycles. The molecule has 6 heteroatoms. The summed E-state index contributed by atoms with van der Waals surface area (Å²) >= 11 is 0. The van der Waals surface area contributed by atoms with Gasteiger partial charge in [-0.15, -0.1) is 12.4 Å². The minimum Gasteiger partial charge on any atom is -0.352 e. The molecule has 0 spiro atoms. The number of hydrogen-bond donors (Lipinski definition) is 2. The summed E-state index contributed by atoms with van der Waals surface area (Å²) in [6.07, 6.45) is 3.39. The van der Waals surface area contributed by atoms with E-state index in [4.69, 9.17) is 5.73 Å². The van der Waals surface area contributed by atoms with Crippen molar-refractivity contribution in [2.24, 2.45) is 5.73 Å². The number of halogens is 1. The van der Waals surface area contributed by atoms with Crippen LogP contribution in [0, 0.1) is 0 Å². The van der Waals surface area contributed by atoms with Crippen LogP contribution < -0.4 is 11.1 Å². The molecule has 0 aromatic rings. The lowest BCUT2D eigenvalue weighted by Gasteiger charge is -2.21. The molecule has 20 heavy (non-hydrogen) atoms. The first kappa shape index (κ1) is 21.5. The van der Waals surface area contributed by atoms with Crippen molar-refractivity contribution < 1.29 is 9.59 Å². The van der Waals surface area contributed by atoms with Gasteiger partial charge in [-0.05, 0) is 26.2 Å². The van der Waals surface area contributed by atoms with Crippen LogP contribution in [0.15, 0.2) is 0 Å². The maximum Gasteiger partial charge on any atom is 0.222 e. The van der Waals surface area contributed by atoms with Gasteiger partial charge in [-0.1, -0.05) is 13.8 Å². The molecule has 0 saturated heterocycles. The lowest BCUT2D eigenvalue weighted by atomic mass is 10.2. The van der Waals surface area contributed by atoms with Crippen LogP contribution in [0.2, 0.25) is 0 Å². The molecule has 0 aliphatic carbocycles. The lowest BCUT2D eigenvalue weighted by Crippen LogP contribution is -2.38. The SMILES string of the molecule is CCCN(CCC)C(=O)CCCC(=O)N[C@@H](C)CN.Cl. The third-order valence-corrected chi connectivity index (χ3v) is 2.90. The Kier molecular flexibility index (Phi) is 14.2. The second-order valence-electron chi connectivity index (χ2n) is 4.94. The molecule has 5 nitrogen and oxygen atoms in total. The van der Waals surface area contributed by atoms with E-state index in [1.165, 1.54) is 0 Å². The van der Waals surface area contributed by atoms with Crippen LogP contribution in [0.1, 0.15) is 52.9 Å². The molecule has 0 unspecified atom stereocenters. The summed E-state index contributed by atoms with van der Waals surface area (Å²) in [7, 11) is 0. The van der Waals surface area contributed by atoms with Gasteiger partial charge >= 0.3 is 0 Å². The zero-order chi connectivity index (χ0) is 14.7. The van der Waals surface area contributed by atoms with Crippen molar-refractivity contribution in [3.8, 4) is 0 Å². The van der Waals surface area contributed by atoms with Gasteiger partial charge in [0.05, 0.1) is 0 Å². The molecule has 0 aliphatic heterocycles. The average molecular weight is 308 g/mol. The van der Waals surface area contributed by atoms with Gasteiger partial charge in [-0.3, -0.25) is 9.59 Å². The minimum absolute atomic E-state index is 0. The van der Waals surface area contributed by atoms with E-state index in [2.05, 4.69) is 19.2 Å². The van der Waals surface area contributed by atoms with E-state index >= 15 is 0 Å². The van der Waals surface area contributed by atoms with Crippen molar-refractivity contribution >= 4 is 24.2 Å². The van der Waals surface area contributed by atoms with Gasteiger partial charge in [0.2, 0.25) is 11.8 Å². The van der Waals surface area contributed by atoms with Crippen LogP contribution in [0.3, 0.4) is 0 Å². The highest BCUT2D eigenvalue weighted by Crippen LogP contribution is 2.03. The third-order valence-electron chi connectivity index (χ3n) is 2.90. The van der Waals surface area contributed by atoms with Gasteiger partial charge < -0.3 is 16.0 Å². The van der Waals surface area contributed by atoms with Crippen LogP contribution >= 0.6 is 12.4 Å². The number of hydrogen-bond acceptors (Lipinski definition) is 3. The molecule has 0 heterocycles. The standard InChI is InChI=1S/C14H29N3O2.ClH/c1-4-9-17(10-5-2)14(19)8-6-7-13(18)16-12(3)11-15;/h12H,4-11,15H2,1-3H3,(H,16,18);1H/t12-;/m0./s1. The van der Waals surface area contributed by atoms with Crippen LogP contribution in [-0.4, -0.2) is 42.4 Å². The van der Waals surface area contributed by atoms with E-state index < -0.39 is 0 Å². The van der Waals surface area contributed by atoms with Crippen molar-refractivity contribution in [3.05, 3.63) is 0 Å². The molecule has 3 N–H and O–H groups in total. The van der Waals surface area contributed by atoms with E-state index in [-0.39, 0.29) is 30.3 Å². The van der Waals surface area contributed by atoms with E-state index in [0.717, 1.165) is 25.9 Å². The average Bonchev–Trinajstić information content (AvgIpc) is 2.38. The van der Waals surface area contributed by atoms with Gasteiger partial charge in [0.15, 0.2) is 0 Å². The monoisotopic (exact) mass is 307 g/mol. The number of carbonyl (C=O) groups excluding carboxylic acids is 2. The van der Waals surface area contributed by atoms with Gasteiger partial charge in [-0.2, -0.15) is 0 Å². The first-order valence-corrected chi connectivity index (χ1v) is 7.32. The van der Waals surface area contributed by atoms with E-state index in [1.54, 1.807) is 0 Å². The highest BCUT2D eigenvalue weighted by molar-refractivity contribution is 5.85. The molecule has 0 bridgehead atoms. The molecule has 120 valence electrons. The predicted molar refractivity (Wildman–Crippen MR) is 84.9 cm³/mol. The quantitative estimate of drug-likeness (QED) is 0.645. The fourth-order valence-electron chi connectivity index (χ4n) is 1.87. The Balaban J connectivity index is 0. The van der Waals surface area contributed by atoms with Crippen molar-refractivity contribution in [2.45, 2.75) is 58.9 Å². The molecule has 0 aromatic heterocycles. The zero-order valence-electron chi connectivity index (χ0n) is 13.0. The molecular weight excluding hydrogens is 278 g/mol. The summed E-state index contributed by atoms with van der Waals surface area (Å²) in [5, 5.41) is 2.79. The molecule has 0 rings (SSSR count). The Morgan fingerprint density at radius 1 is 1.15 bits per heavy atom. The van der Waals surface area contributed by atoms with Gasteiger partial charge in [0.1, 0.15) is 0 Å². The molecule has 0 aliphatic rings. The van der Waals surface area contributed by atoms with E-state index in [9.17, 15) is 9.59 Å². The normalized spacial score (nSPS) is 11.4. The summed E-state index contributed by atoms with van der Waals surface area (Å²) in [5.41, 5.74) is 5.43. The Bertz CT molecular complexity index is 269. The maximum atomic E-state index is 12.0. The summed E-state index contributed by atoms with van der Waals surface area (Å²) in [6, 6.07) is -0.000109. The summed E-state index contributed by atoms with van der Waals surface area (Å²) in [5.74, 6) is 0.131. The number of nitrogens with one attached hydrogen (secondary N) is 1. The second-order valence-corrected chi connectivity index (χ2v) is 4.94. The number of nitrogens with two attached hydrogens (primary N) is 1. The van der Waals surface area contributed by atoms with Crippen LogP contribution in [0.25, 0.3) is 0 Å². The Morgan fingerprint density at radius 2 is 1.70 bits per heavy atom. The van der Waals surface area contributed by atoms with Crippen LogP contribution in [0.5, 0.6) is 0 Å². The Labute approximate surface area is 129 Å². The highest BCUT2D eigenvalue weighted by atomic mass is 35.5. The number of carbonyl (C=O) groups is 2. The zero-order valence-corrected chi connectivity index (χ0v) is 13.8. The van der Waals surface area contributed by atoms with Gasteiger partial charge in [0, 0.05) is 38.5 Å². The van der Waals surface area contributed by atoms with Gasteiger partial charge in [-0.25, -0.2) is 0 Å². The largest absolute Gasteiger partial charge is 0.352 e. The molecule has 0 saturated carbocycles. The number of nitrogens with zero attached hydrogens (tertiary/aromatic N) is 1. The molecule has 1 atom stereocenters. The first-order chi connectivity index (χ1) is 9.04. The molecule has 0 radical (unpaired) electrons.